The number of benzene rings is 1. The molecule has 2 aromatic rings. The molecule has 3 rings (SSSR count). The first-order valence-electron chi connectivity index (χ1n) is 8.75. The number of nitrogens with zero attached hydrogens (tertiary/aromatic N) is 1. The Balaban J connectivity index is 1.50. The molecule has 1 aromatic heterocycles. The number of ether oxygens (including phenoxy) is 1. The Morgan fingerprint density at radius 2 is 2.11 bits per heavy atom. The molecule has 11 heteroatoms. The quantitative estimate of drug-likeness (QED) is 0.674. The topological polar surface area (TPSA) is 92.4 Å². The zero-order valence-corrected chi connectivity index (χ0v) is 15.6. The summed E-state index contributed by atoms with van der Waals surface area (Å²) in [5.74, 6) is -1.03. The van der Waals surface area contributed by atoms with Crippen LogP contribution < -0.4 is 20.7 Å². The normalized spacial score (nSPS) is 17.3. The van der Waals surface area contributed by atoms with Crippen LogP contribution in [0.4, 0.5) is 18.3 Å². The summed E-state index contributed by atoms with van der Waals surface area (Å²) >= 11 is 1.02. The summed E-state index contributed by atoms with van der Waals surface area (Å²) in [4.78, 5) is 28.0. The Kier molecular flexibility index (Phi) is 6.35. The van der Waals surface area contributed by atoms with Crippen molar-refractivity contribution in [2.75, 3.05) is 18.4 Å². The van der Waals surface area contributed by atoms with E-state index in [2.05, 4.69) is 25.7 Å². The van der Waals surface area contributed by atoms with Gasteiger partial charge in [-0.05, 0) is 31.5 Å². The summed E-state index contributed by atoms with van der Waals surface area (Å²) in [6, 6.07) is 3.87. The molecule has 3 N–H and O–H groups in total. The number of piperidine rings is 1. The zero-order chi connectivity index (χ0) is 20.1. The van der Waals surface area contributed by atoms with Gasteiger partial charge in [-0.1, -0.05) is 17.8 Å². The molecule has 7 nitrogen and oxygen atoms in total. The number of thiazole rings is 1. The molecule has 28 heavy (non-hydrogen) atoms. The molecular weight excluding hydrogens is 397 g/mol. The molecule has 1 fully saturated rings. The Morgan fingerprint density at radius 1 is 1.29 bits per heavy atom. The number of anilines is 1. The van der Waals surface area contributed by atoms with E-state index >= 15 is 0 Å². The highest BCUT2D eigenvalue weighted by atomic mass is 32.1. The summed E-state index contributed by atoms with van der Waals surface area (Å²) in [6.45, 7) is 0.690. The Labute approximate surface area is 162 Å². The smallest absolute Gasteiger partial charge is 0.406 e. The maximum absolute atomic E-state index is 12.3. The highest BCUT2D eigenvalue weighted by Gasteiger charge is 2.31. The van der Waals surface area contributed by atoms with Gasteiger partial charge in [0.2, 0.25) is 11.8 Å². The van der Waals surface area contributed by atoms with Gasteiger partial charge in [0, 0.05) is 18.5 Å². The van der Waals surface area contributed by atoms with E-state index < -0.39 is 12.3 Å². The fourth-order valence-corrected chi connectivity index (χ4v) is 3.80. The first kappa shape index (κ1) is 20.3. The summed E-state index contributed by atoms with van der Waals surface area (Å²) in [6.07, 6.45) is -1.34. The summed E-state index contributed by atoms with van der Waals surface area (Å²) < 4.78 is 41.2. The molecule has 2 amide bonds. The largest absolute Gasteiger partial charge is 0.573 e. The SMILES string of the molecule is O=C(C[C@@H]1CCCCN1)NCC(=O)Nc1nc2ccc(OC(F)(F)F)cc2s1. The van der Waals surface area contributed by atoms with Crippen molar-refractivity contribution in [1.29, 1.82) is 0 Å². The summed E-state index contributed by atoms with van der Waals surface area (Å²) in [5, 5.41) is 8.58. The van der Waals surface area contributed by atoms with Crippen LogP contribution in [-0.4, -0.2) is 42.3 Å². The first-order chi connectivity index (χ1) is 13.3. The number of amides is 2. The number of halogens is 3. The van der Waals surface area contributed by atoms with Crippen LogP contribution in [0.2, 0.25) is 0 Å². The van der Waals surface area contributed by atoms with Crippen molar-refractivity contribution in [3.05, 3.63) is 18.2 Å². The summed E-state index contributed by atoms with van der Waals surface area (Å²) in [5.41, 5.74) is 0.433. The molecule has 0 spiro atoms. The molecular formula is C17H19F3N4O3S. The van der Waals surface area contributed by atoms with Gasteiger partial charge in [-0.2, -0.15) is 0 Å². The number of carbonyl (C=O) groups is 2. The van der Waals surface area contributed by atoms with E-state index in [1.54, 1.807) is 0 Å². The predicted molar refractivity (Wildman–Crippen MR) is 98.2 cm³/mol. The van der Waals surface area contributed by atoms with Gasteiger partial charge >= 0.3 is 6.36 Å². The average molecular weight is 416 g/mol. The van der Waals surface area contributed by atoms with Crippen LogP contribution in [0.25, 0.3) is 10.2 Å². The van der Waals surface area contributed by atoms with Crippen LogP contribution in [0.3, 0.4) is 0 Å². The van der Waals surface area contributed by atoms with Gasteiger partial charge in [-0.15, -0.1) is 13.2 Å². The van der Waals surface area contributed by atoms with Crippen LogP contribution in [0.5, 0.6) is 5.75 Å². The molecule has 0 aliphatic carbocycles. The monoisotopic (exact) mass is 416 g/mol. The number of alkyl halides is 3. The van der Waals surface area contributed by atoms with Crippen molar-refractivity contribution in [1.82, 2.24) is 15.6 Å². The Morgan fingerprint density at radius 3 is 2.82 bits per heavy atom. The number of nitrogens with one attached hydrogen (secondary N) is 3. The lowest BCUT2D eigenvalue weighted by Gasteiger charge is -2.22. The van der Waals surface area contributed by atoms with E-state index in [1.165, 1.54) is 12.1 Å². The molecule has 2 heterocycles. The molecule has 0 radical (unpaired) electrons. The van der Waals surface area contributed by atoms with Crippen molar-refractivity contribution in [2.24, 2.45) is 0 Å². The van der Waals surface area contributed by atoms with Crippen LogP contribution in [0.15, 0.2) is 18.2 Å². The third kappa shape index (κ3) is 6.06. The van der Waals surface area contributed by atoms with Gasteiger partial charge in [-0.3, -0.25) is 9.59 Å². The molecule has 152 valence electrons. The van der Waals surface area contributed by atoms with Crippen LogP contribution in [-0.2, 0) is 9.59 Å². The third-order valence-electron chi connectivity index (χ3n) is 4.13. The molecule has 0 bridgehead atoms. The highest BCUT2D eigenvalue weighted by molar-refractivity contribution is 7.22. The fraction of sp³-hybridized carbons (Fsp3) is 0.471. The maximum Gasteiger partial charge on any atom is 0.573 e. The molecule has 0 saturated carbocycles. The van der Waals surface area contributed by atoms with Crippen LogP contribution >= 0.6 is 11.3 Å². The Hall–Kier alpha value is -2.40. The van der Waals surface area contributed by atoms with E-state index in [0.717, 1.165) is 43.2 Å². The third-order valence-corrected chi connectivity index (χ3v) is 5.06. The van der Waals surface area contributed by atoms with Crippen molar-refractivity contribution in [3.8, 4) is 5.75 Å². The van der Waals surface area contributed by atoms with E-state index in [9.17, 15) is 22.8 Å². The van der Waals surface area contributed by atoms with Crippen molar-refractivity contribution >= 4 is 38.5 Å². The lowest BCUT2D eigenvalue weighted by Crippen LogP contribution is -2.40. The van der Waals surface area contributed by atoms with E-state index in [1.807, 2.05) is 0 Å². The minimum atomic E-state index is -4.78. The number of hydrogen-bond acceptors (Lipinski definition) is 6. The fourth-order valence-electron chi connectivity index (χ4n) is 2.89. The molecule has 1 aliphatic heterocycles. The minimum absolute atomic E-state index is 0.134. The van der Waals surface area contributed by atoms with Gasteiger partial charge in [0.1, 0.15) is 5.75 Å². The van der Waals surface area contributed by atoms with Gasteiger partial charge in [0.25, 0.3) is 0 Å². The molecule has 1 aromatic carbocycles. The van der Waals surface area contributed by atoms with Crippen molar-refractivity contribution in [3.63, 3.8) is 0 Å². The highest BCUT2D eigenvalue weighted by Crippen LogP contribution is 2.31. The van der Waals surface area contributed by atoms with Crippen LogP contribution in [0, 0.1) is 0 Å². The van der Waals surface area contributed by atoms with Crippen molar-refractivity contribution in [2.45, 2.75) is 38.1 Å². The van der Waals surface area contributed by atoms with E-state index in [0.29, 0.717) is 16.6 Å². The number of hydrogen-bond donors (Lipinski definition) is 3. The summed E-state index contributed by atoms with van der Waals surface area (Å²) in [7, 11) is 0. The number of rotatable bonds is 6. The number of fused-ring (bicyclic) bond motifs is 1. The lowest BCUT2D eigenvalue weighted by molar-refractivity contribution is -0.274. The zero-order valence-electron chi connectivity index (χ0n) is 14.8. The molecule has 1 saturated heterocycles. The second-order valence-electron chi connectivity index (χ2n) is 6.37. The van der Waals surface area contributed by atoms with Gasteiger partial charge in [-0.25, -0.2) is 4.98 Å². The van der Waals surface area contributed by atoms with Crippen LogP contribution in [0.1, 0.15) is 25.7 Å². The molecule has 0 unspecified atom stereocenters. The van der Waals surface area contributed by atoms with Gasteiger partial charge < -0.3 is 20.7 Å². The molecule has 1 aliphatic rings. The molecule has 1 atom stereocenters. The second kappa shape index (κ2) is 8.74. The second-order valence-corrected chi connectivity index (χ2v) is 7.40. The van der Waals surface area contributed by atoms with Crippen molar-refractivity contribution < 1.29 is 27.5 Å². The first-order valence-corrected chi connectivity index (χ1v) is 9.56. The number of carbonyl (C=O) groups excluding carboxylic acids is 2. The van der Waals surface area contributed by atoms with E-state index in [4.69, 9.17) is 0 Å². The maximum atomic E-state index is 12.3. The van der Waals surface area contributed by atoms with Gasteiger partial charge in [0.05, 0.1) is 16.8 Å². The minimum Gasteiger partial charge on any atom is -0.406 e. The van der Waals surface area contributed by atoms with Gasteiger partial charge in [0.15, 0.2) is 5.13 Å². The standard InChI is InChI=1S/C17H19F3N4O3S/c18-17(19,20)27-11-4-5-12-13(8-11)28-16(23-12)24-15(26)9-22-14(25)7-10-3-1-2-6-21-10/h4-5,8,10,21H,1-3,6-7,9H2,(H,22,25)(H,23,24,26)/t10-/m0/s1. The Bertz CT molecular complexity index is 850. The number of aromatic nitrogens is 1. The average Bonchev–Trinajstić information content (AvgIpc) is 3.01. The lowest BCUT2D eigenvalue weighted by atomic mass is 10.0. The van der Waals surface area contributed by atoms with E-state index in [-0.39, 0.29) is 29.4 Å². The predicted octanol–water partition coefficient (Wildman–Crippen LogP) is 2.78.